The van der Waals surface area contributed by atoms with Gasteiger partial charge in [-0.1, -0.05) is 49.7 Å². The molecule has 1 amide bonds. The molecule has 0 aliphatic heterocycles. The largest absolute Gasteiger partial charge is 0.416 e. The number of hydrogen-bond donors (Lipinski definition) is 0. The summed E-state index contributed by atoms with van der Waals surface area (Å²) < 4.78 is 9.18. The first kappa shape index (κ1) is 21.4. The molecule has 0 saturated carbocycles. The third-order valence-electron chi connectivity index (χ3n) is 5.09. The number of amides is 1. The van der Waals surface area contributed by atoms with E-state index < -0.39 is 6.09 Å². The van der Waals surface area contributed by atoms with Crippen molar-refractivity contribution in [2.45, 2.75) is 40.0 Å². The van der Waals surface area contributed by atoms with Gasteiger partial charge in [0, 0.05) is 13.1 Å². The Morgan fingerprint density at radius 3 is 1.90 bits per heavy atom. The van der Waals surface area contributed by atoms with Gasteiger partial charge in [0.15, 0.2) is 0 Å². The van der Waals surface area contributed by atoms with Crippen LogP contribution in [-0.4, -0.2) is 33.4 Å². The van der Waals surface area contributed by atoms with Crippen molar-refractivity contribution in [1.29, 1.82) is 0 Å². The number of aromatic nitrogens is 2. The van der Waals surface area contributed by atoms with Crippen LogP contribution in [0.1, 0.15) is 39.2 Å². The number of benzene rings is 2. The number of ether oxygens (including phenoxy) is 1. The summed E-state index contributed by atoms with van der Waals surface area (Å²) in [6.07, 6.45) is 1.86. The molecule has 0 unspecified atom stereocenters. The van der Waals surface area contributed by atoms with Gasteiger partial charge in [-0.3, -0.25) is 4.79 Å². The van der Waals surface area contributed by atoms with E-state index in [2.05, 4.69) is 6.92 Å². The second-order valence-electron chi connectivity index (χ2n) is 7.03. The molecule has 6 heteroatoms. The smallest absolute Gasteiger partial charge is 0.391 e. The van der Waals surface area contributed by atoms with Crippen LogP contribution in [-0.2, 0) is 6.42 Å². The fraction of sp³-hybridized carbons (Fsp3) is 0.333. The first-order valence-electron chi connectivity index (χ1n) is 10.6. The predicted molar refractivity (Wildman–Crippen MR) is 119 cm³/mol. The van der Waals surface area contributed by atoms with Crippen LogP contribution in [0.25, 0.3) is 11.4 Å². The number of hydrogen-bond acceptors (Lipinski definition) is 3. The molecule has 158 valence electrons. The fourth-order valence-corrected chi connectivity index (χ4v) is 3.43. The minimum Gasteiger partial charge on any atom is -0.391 e. The summed E-state index contributed by atoms with van der Waals surface area (Å²) in [7, 11) is 0. The number of carbonyl (C=O) groups excluding carboxylic acids is 1. The first-order valence-corrected chi connectivity index (χ1v) is 10.6. The summed E-state index contributed by atoms with van der Waals surface area (Å²) in [5, 5.41) is 0. The van der Waals surface area contributed by atoms with E-state index >= 15 is 0 Å². The third-order valence-corrected chi connectivity index (χ3v) is 5.09. The first-order chi connectivity index (χ1) is 14.6. The Labute approximate surface area is 177 Å². The van der Waals surface area contributed by atoms with Crippen molar-refractivity contribution in [3.8, 4) is 17.3 Å². The van der Waals surface area contributed by atoms with E-state index in [-0.39, 0.29) is 5.56 Å². The van der Waals surface area contributed by atoms with E-state index in [1.807, 2.05) is 74.5 Å². The zero-order chi connectivity index (χ0) is 21.5. The average Bonchev–Trinajstić information content (AvgIpc) is 3.05. The molecule has 0 spiro atoms. The molecular formula is C24H29N3O3. The highest BCUT2D eigenvalue weighted by Crippen LogP contribution is 2.26. The van der Waals surface area contributed by atoms with Crippen LogP contribution in [0.5, 0.6) is 5.88 Å². The maximum atomic E-state index is 13.5. The van der Waals surface area contributed by atoms with Gasteiger partial charge < -0.3 is 9.64 Å². The lowest BCUT2D eigenvalue weighted by Crippen LogP contribution is -2.33. The molecule has 2 aromatic carbocycles. The highest BCUT2D eigenvalue weighted by atomic mass is 16.6. The number of para-hydroxylation sites is 2. The zero-order valence-corrected chi connectivity index (χ0v) is 17.9. The third kappa shape index (κ3) is 4.32. The second-order valence-corrected chi connectivity index (χ2v) is 7.03. The van der Waals surface area contributed by atoms with Gasteiger partial charge in [0.05, 0.1) is 16.9 Å². The van der Waals surface area contributed by atoms with Crippen molar-refractivity contribution in [3.05, 3.63) is 76.6 Å². The number of carbonyl (C=O) groups is 1. The summed E-state index contributed by atoms with van der Waals surface area (Å²) in [6, 6.07) is 18.9. The van der Waals surface area contributed by atoms with Crippen molar-refractivity contribution >= 4 is 6.09 Å². The van der Waals surface area contributed by atoms with Gasteiger partial charge in [-0.05, 0) is 51.0 Å². The van der Waals surface area contributed by atoms with Gasteiger partial charge in [0.1, 0.15) is 0 Å². The molecule has 0 aliphatic carbocycles. The Kier molecular flexibility index (Phi) is 7.12. The molecule has 3 aromatic rings. The van der Waals surface area contributed by atoms with Crippen LogP contribution in [0.2, 0.25) is 0 Å². The molecule has 0 saturated heterocycles. The maximum Gasteiger partial charge on any atom is 0.416 e. The van der Waals surface area contributed by atoms with Gasteiger partial charge in [0.25, 0.3) is 5.56 Å². The lowest BCUT2D eigenvalue weighted by atomic mass is 10.1. The van der Waals surface area contributed by atoms with Crippen molar-refractivity contribution < 1.29 is 9.53 Å². The molecule has 3 rings (SSSR count). The lowest BCUT2D eigenvalue weighted by Gasteiger charge is -2.20. The van der Waals surface area contributed by atoms with Crippen LogP contribution in [0, 0.1) is 0 Å². The molecule has 0 radical (unpaired) electrons. The Balaban J connectivity index is 2.26. The van der Waals surface area contributed by atoms with Crippen molar-refractivity contribution in [2.75, 3.05) is 13.1 Å². The minimum absolute atomic E-state index is 0.166. The van der Waals surface area contributed by atoms with Crippen LogP contribution in [0.15, 0.2) is 65.5 Å². The van der Waals surface area contributed by atoms with Crippen LogP contribution >= 0.6 is 0 Å². The summed E-state index contributed by atoms with van der Waals surface area (Å²) >= 11 is 0. The molecule has 0 fully saturated rings. The standard InChI is InChI=1S/C24H29N3O3/c1-4-7-18-21-22(28)26(19-14-10-8-11-15-19)27(20-16-12-9-13-17-20)23(21)30-24(29)25(5-2)6-3/h8-17H,4-7,18H2,1-3H3. The topological polar surface area (TPSA) is 56.5 Å². The SMILES string of the molecule is CCCCc1c(OC(=O)N(CC)CC)n(-c2ccccc2)n(-c2ccccc2)c1=O. The van der Waals surface area contributed by atoms with Gasteiger partial charge in [-0.25, -0.2) is 14.2 Å². The van der Waals surface area contributed by atoms with E-state index in [1.54, 1.807) is 14.3 Å². The molecule has 0 aliphatic rings. The fourth-order valence-electron chi connectivity index (χ4n) is 3.43. The summed E-state index contributed by atoms with van der Waals surface area (Å²) in [6.45, 7) is 6.96. The van der Waals surface area contributed by atoms with Gasteiger partial charge in [0.2, 0.25) is 5.88 Å². The summed E-state index contributed by atoms with van der Waals surface area (Å²) in [4.78, 5) is 27.9. The number of rotatable bonds is 8. The van der Waals surface area contributed by atoms with Crippen molar-refractivity contribution in [2.24, 2.45) is 0 Å². The molecule has 0 atom stereocenters. The Hall–Kier alpha value is -3.28. The van der Waals surface area contributed by atoms with E-state index in [4.69, 9.17) is 4.74 Å². The van der Waals surface area contributed by atoms with E-state index in [0.717, 1.165) is 18.5 Å². The monoisotopic (exact) mass is 407 g/mol. The zero-order valence-electron chi connectivity index (χ0n) is 17.9. The molecule has 6 nitrogen and oxygen atoms in total. The van der Waals surface area contributed by atoms with E-state index in [0.29, 0.717) is 36.6 Å². The van der Waals surface area contributed by atoms with Crippen molar-refractivity contribution in [1.82, 2.24) is 14.3 Å². The normalized spacial score (nSPS) is 10.8. The average molecular weight is 408 g/mol. The van der Waals surface area contributed by atoms with Crippen LogP contribution in [0.3, 0.4) is 0 Å². The summed E-state index contributed by atoms with van der Waals surface area (Å²) in [5.41, 5.74) is 1.82. The highest BCUT2D eigenvalue weighted by Gasteiger charge is 2.26. The maximum absolute atomic E-state index is 13.5. The van der Waals surface area contributed by atoms with Gasteiger partial charge in [-0.2, -0.15) is 0 Å². The van der Waals surface area contributed by atoms with E-state index in [9.17, 15) is 9.59 Å². The molecule has 0 N–H and O–H groups in total. The quantitative estimate of drug-likeness (QED) is 0.538. The minimum atomic E-state index is -0.451. The molecule has 0 bridgehead atoms. The van der Waals surface area contributed by atoms with E-state index in [1.165, 1.54) is 0 Å². The Bertz CT molecular complexity index is 1020. The Morgan fingerprint density at radius 2 is 1.40 bits per heavy atom. The van der Waals surface area contributed by atoms with Crippen LogP contribution in [0.4, 0.5) is 4.79 Å². The molecule has 30 heavy (non-hydrogen) atoms. The molecule has 1 heterocycles. The van der Waals surface area contributed by atoms with Gasteiger partial charge >= 0.3 is 6.09 Å². The number of nitrogens with zero attached hydrogens (tertiary/aromatic N) is 3. The van der Waals surface area contributed by atoms with Crippen LogP contribution < -0.4 is 10.3 Å². The lowest BCUT2D eigenvalue weighted by molar-refractivity contribution is 0.153. The van der Waals surface area contributed by atoms with Gasteiger partial charge in [-0.15, -0.1) is 0 Å². The molecular weight excluding hydrogens is 378 g/mol. The Morgan fingerprint density at radius 1 is 0.867 bits per heavy atom. The predicted octanol–water partition coefficient (Wildman–Crippen LogP) is 4.81. The second kappa shape index (κ2) is 9.96. The van der Waals surface area contributed by atoms with Crippen molar-refractivity contribution in [3.63, 3.8) is 0 Å². The summed E-state index contributed by atoms with van der Waals surface area (Å²) in [5.74, 6) is 0.292. The molecule has 1 aromatic heterocycles. The highest BCUT2D eigenvalue weighted by molar-refractivity contribution is 5.71. The number of unbranched alkanes of at least 4 members (excludes halogenated alkanes) is 1.